The standard InChI is InChI=1S/C22H8F4S2/c23-17-15-8-4-12-10-2-6-14-11(3-7-16-18(24)22(26)28-20(14)16)9(10)1-5-13(12)19(15)27-21(17)25/h1-8H. The molecule has 6 rings (SSSR count). The minimum absolute atomic E-state index is 0.279. The molecule has 0 amide bonds. The molecule has 6 aromatic rings. The number of thiophene rings is 2. The molecule has 0 spiro atoms. The van der Waals surface area contributed by atoms with Crippen molar-refractivity contribution in [3.8, 4) is 0 Å². The third-order valence-corrected chi connectivity index (χ3v) is 7.30. The molecule has 0 saturated heterocycles. The monoisotopic (exact) mass is 412 g/mol. The van der Waals surface area contributed by atoms with Crippen molar-refractivity contribution in [3.05, 3.63) is 70.4 Å². The van der Waals surface area contributed by atoms with E-state index in [0.29, 0.717) is 9.40 Å². The number of benzene rings is 4. The van der Waals surface area contributed by atoms with Gasteiger partial charge in [-0.2, -0.15) is 8.78 Å². The first-order valence-corrected chi connectivity index (χ1v) is 10.1. The van der Waals surface area contributed by atoms with E-state index in [0.717, 1.165) is 55.0 Å². The van der Waals surface area contributed by atoms with Crippen LogP contribution in [0.4, 0.5) is 17.6 Å². The minimum atomic E-state index is -0.815. The lowest BCUT2D eigenvalue weighted by Gasteiger charge is -2.09. The second-order valence-electron chi connectivity index (χ2n) is 6.68. The molecule has 0 unspecified atom stereocenters. The van der Waals surface area contributed by atoms with Crippen molar-refractivity contribution in [2.75, 3.05) is 0 Å². The van der Waals surface area contributed by atoms with Gasteiger partial charge in [-0.15, -0.1) is 22.7 Å². The number of rotatable bonds is 0. The number of hydrogen-bond donors (Lipinski definition) is 0. The lowest BCUT2D eigenvalue weighted by Crippen LogP contribution is -1.82. The van der Waals surface area contributed by atoms with Gasteiger partial charge in [-0.1, -0.05) is 36.4 Å². The lowest BCUT2D eigenvalue weighted by atomic mass is 9.96. The molecule has 0 radical (unpaired) electrons. The number of fused-ring (bicyclic) bond motifs is 9. The topological polar surface area (TPSA) is 0 Å². The highest BCUT2D eigenvalue weighted by molar-refractivity contribution is 7.19. The average molecular weight is 412 g/mol. The van der Waals surface area contributed by atoms with Crippen molar-refractivity contribution < 1.29 is 17.6 Å². The molecule has 28 heavy (non-hydrogen) atoms. The molecular weight excluding hydrogens is 404 g/mol. The van der Waals surface area contributed by atoms with Gasteiger partial charge in [-0.25, -0.2) is 8.78 Å². The Balaban J connectivity index is 1.78. The van der Waals surface area contributed by atoms with Gasteiger partial charge >= 0.3 is 0 Å². The molecule has 136 valence electrons. The SMILES string of the molecule is Fc1sc2c(ccc3c4ccc5c(ccc6c(F)c(F)sc65)c4ccc32)c1F. The number of hydrogen-bond acceptors (Lipinski definition) is 2. The third-order valence-electron chi connectivity index (χ3n) is 5.30. The van der Waals surface area contributed by atoms with E-state index in [4.69, 9.17) is 0 Å². The summed E-state index contributed by atoms with van der Waals surface area (Å²) in [5.74, 6) is -1.63. The van der Waals surface area contributed by atoms with Crippen molar-refractivity contribution >= 4 is 75.2 Å². The third kappa shape index (κ3) is 1.94. The van der Waals surface area contributed by atoms with E-state index >= 15 is 0 Å². The van der Waals surface area contributed by atoms with Gasteiger partial charge in [0.05, 0.1) is 0 Å². The quantitative estimate of drug-likeness (QED) is 0.174. The van der Waals surface area contributed by atoms with E-state index in [1.807, 2.05) is 24.3 Å². The first-order valence-electron chi connectivity index (χ1n) is 8.47. The Morgan fingerprint density at radius 2 is 0.679 bits per heavy atom. The highest BCUT2D eigenvalue weighted by atomic mass is 32.1. The Kier molecular flexibility index (Phi) is 3.15. The molecule has 2 aromatic heterocycles. The van der Waals surface area contributed by atoms with Crippen LogP contribution in [0.5, 0.6) is 0 Å². The molecule has 2 heterocycles. The van der Waals surface area contributed by atoms with E-state index in [1.54, 1.807) is 24.3 Å². The Labute approximate surface area is 163 Å². The fraction of sp³-hybridized carbons (Fsp3) is 0. The van der Waals surface area contributed by atoms with Crippen LogP contribution in [-0.2, 0) is 0 Å². The van der Waals surface area contributed by atoms with Gasteiger partial charge in [0.2, 0.25) is 10.3 Å². The normalized spacial score (nSPS) is 12.3. The summed E-state index contributed by atoms with van der Waals surface area (Å²) in [5.41, 5.74) is 0. The van der Waals surface area contributed by atoms with Crippen molar-refractivity contribution in [1.29, 1.82) is 0 Å². The summed E-state index contributed by atoms with van der Waals surface area (Å²) in [4.78, 5) is 0. The van der Waals surface area contributed by atoms with Crippen LogP contribution >= 0.6 is 22.7 Å². The molecule has 0 bridgehead atoms. The second kappa shape index (κ2) is 5.43. The smallest absolute Gasteiger partial charge is 0.202 e. The molecule has 0 fully saturated rings. The Morgan fingerprint density at radius 1 is 0.393 bits per heavy atom. The van der Waals surface area contributed by atoms with Gasteiger partial charge in [-0.3, -0.25) is 0 Å². The first kappa shape index (κ1) is 16.3. The van der Waals surface area contributed by atoms with Crippen molar-refractivity contribution in [1.82, 2.24) is 0 Å². The van der Waals surface area contributed by atoms with Gasteiger partial charge < -0.3 is 0 Å². The van der Waals surface area contributed by atoms with Crippen LogP contribution in [0.15, 0.2) is 48.5 Å². The molecule has 0 aliphatic carbocycles. The molecule has 0 nitrogen and oxygen atoms in total. The van der Waals surface area contributed by atoms with Crippen LogP contribution < -0.4 is 0 Å². The zero-order chi connectivity index (χ0) is 19.2. The van der Waals surface area contributed by atoms with Crippen LogP contribution in [0.1, 0.15) is 0 Å². The van der Waals surface area contributed by atoms with Crippen LogP contribution in [0.3, 0.4) is 0 Å². The van der Waals surface area contributed by atoms with Crippen LogP contribution in [0, 0.1) is 21.9 Å². The predicted molar refractivity (Wildman–Crippen MR) is 110 cm³/mol. The van der Waals surface area contributed by atoms with E-state index in [9.17, 15) is 17.6 Å². The van der Waals surface area contributed by atoms with E-state index in [1.165, 1.54) is 0 Å². The maximum atomic E-state index is 14.0. The van der Waals surface area contributed by atoms with Gasteiger partial charge in [0.1, 0.15) is 0 Å². The molecule has 0 aliphatic rings. The van der Waals surface area contributed by atoms with E-state index in [-0.39, 0.29) is 10.8 Å². The summed E-state index contributed by atoms with van der Waals surface area (Å²) < 4.78 is 56.6. The summed E-state index contributed by atoms with van der Waals surface area (Å²) in [6.07, 6.45) is 0. The zero-order valence-electron chi connectivity index (χ0n) is 13.9. The summed E-state index contributed by atoms with van der Waals surface area (Å²) in [6, 6.07) is 14.3. The van der Waals surface area contributed by atoms with Gasteiger partial charge in [-0.05, 0) is 33.7 Å². The van der Waals surface area contributed by atoms with Crippen LogP contribution in [0.2, 0.25) is 0 Å². The molecule has 0 N–H and O–H groups in total. The number of halogens is 4. The fourth-order valence-electron chi connectivity index (χ4n) is 4.03. The predicted octanol–water partition coefficient (Wildman–Crippen LogP) is 8.13. The van der Waals surface area contributed by atoms with Crippen molar-refractivity contribution in [2.24, 2.45) is 0 Å². The largest absolute Gasteiger partial charge is 0.213 e. The van der Waals surface area contributed by atoms with Crippen molar-refractivity contribution in [3.63, 3.8) is 0 Å². The molecule has 0 saturated carbocycles. The highest BCUT2D eigenvalue weighted by Crippen LogP contribution is 2.41. The van der Waals surface area contributed by atoms with Crippen molar-refractivity contribution in [2.45, 2.75) is 0 Å². The average Bonchev–Trinajstić information content (AvgIpc) is 3.17. The molecule has 0 atom stereocenters. The Bertz CT molecular complexity index is 1490. The van der Waals surface area contributed by atoms with Gasteiger partial charge in [0.15, 0.2) is 11.6 Å². The molecule has 6 heteroatoms. The summed E-state index contributed by atoms with van der Waals surface area (Å²) in [5, 5.41) is 4.13. The Hall–Kier alpha value is -2.70. The summed E-state index contributed by atoms with van der Waals surface area (Å²) in [6.45, 7) is 0. The van der Waals surface area contributed by atoms with E-state index in [2.05, 4.69) is 0 Å². The minimum Gasteiger partial charge on any atom is -0.202 e. The van der Waals surface area contributed by atoms with Crippen LogP contribution in [-0.4, -0.2) is 0 Å². The lowest BCUT2D eigenvalue weighted by molar-refractivity contribution is 0.538. The zero-order valence-corrected chi connectivity index (χ0v) is 15.6. The van der Waals surface area contributed by atoms with Gasteiger partial charge in [0.25, 0.3) is 0 Å². The first-order chi connectivity index (χ1) is 13.5. The second-order valence-corrected chi connectivity index (χ2v) is 8.62. The highest BCUT2D eigenvalue weighted by Gasteiger charge is 2.17. The van der Waals surface area contributed by atoms with E-state index < -0.39 is 21.9 Å². The van der Waals surface area contributed by atoms with Crippen LogP contribution in [0.25, 0.3) is 52.5 Å². The maximum absolute atomic E-state index is 14.0. The molecule has 4 aromatic carbocycles. The summed E-state index contributed by atoms with van der Waals surface area (Å²) in [7, 11) is 0. The Morgan fingerprint density at radius 3 is 1.07 bits per heavy atom. The van der Waals surface area contributed by atoms with Gasteiger partial charge in [0, 0.05) is 30.9 Å². The molecular formula is C22H8F4S2. The fourth-order valence-corrected chi connectivity index (χ4v) is 5.90. The summed E-state index contributed by atoms with van der Waals surface area (Å²) >= 11 is 1.61. The maximum Gasteiger partial charge on any atom is 0.213 e. The molecule has 0 aliphatic heterocycles.